The first kappa shape index (κ1) is 11.8. The maximum Gasteiger partial charge on any atom is 0.169 e. The van der Waals surface area contributed by atoms with E-state index in [1.807, 2.05) is 17.4 Å². The molecular weight excluding hydrogens is 276 g/mol. The normalized spacial score (nSPS) is 13.9. The molecule has 100 valence electrons. The van der Waals surface area contributed by atoms with Gasteiger partial charge in [0.25, 0.3) is 0 Å². The fourth-order valence-corrected chi connectivity index (χ4v) is 2.77. The van der Waals surface area contributed by atoms with Crippen LogP contribution in [0.1, 0.15) is 17.0 Å². The summed E-state index contributed by atoms with van der Waals surface area (Å²) in [6.07, 6.45) is 0. The third-order valence-electron chi connectivity index (χ3n) is 3.51. The lowest BCUT2D eigenvalue weighted by atomic mass is 10.1. The van der Waals surface area contributed by atoms with E-state index < -0.39 is 0 Å². The Morgan fingerprint density at radius 1 is 1.15 bits per heavy atom. The molecule has 1 aliphatic rings. The minimum atomic E-state index is 0.427. The maximum absolute atomic E-state index is 5.95. The third kappa shape index (κ3) is 1.71. The molecule has 1 aliphatic heterocycles. The van der Waals surface area contributed by atoms with Crippen LogP contribution in [0.25, 0.3) is 17.0 Å². The highest BCUT2D eigenvalue weighted by Crippen LogP contribution is 2.27. The van der Waals surface area contributed by atoms with Gasteiger partial charge < -0.3 is 4.74 Å². The summed E-state index contributed by atoms with van der Waals surface area (Å²) < 4.78 is 7.35. The van der Waals surface area contributed by atoms with Crippen molar-refractivity contribution in [3.8, 4) is 11.4 Å². The quantitative estimate of drug-likeness (QED) is 0.646. The highest BCUT2D eigenvalue weighted by Gasteiger charge is 2.16. The average molecular weight is 287 g/mol. The fourth-order valence-electron chi connectivity index (χ4n) is 2.55. The van der Waals surface area contributed by atoms with E-state index in [0.29, 0.717) is 24.0 Å². The number of benzene rings is 1. The van der Waals surface area contributed by atoms with E-state index in [1.165, 1.54) is 11.1 Å². The molecule has 2 aromatic heterocycles. The van der Waals surface area contributed by atoms with E-state index in [9.17, 15) is 0 Å². The molecule has 0 N–H and O–H groups in total. The molecule has 20 heavy (non-hydrogen) atoms. The molecular formula is C14H11ClN4O. The zero-order valence-corrected chi connectivity index (χ0v) is 11.6. The summed E-state index contributed by atoms with van der Waals surface area (Å²) in [7, 11) is 0. The summed E-state index contributed by atoms with van der Waals surface area (Å²) in [6, 6.07) is 7.93. The van der Waals surface area contributed by atoms with Gasteiger partial charge in [-0.3, -0.25) is 4.40 Å². The molecule has 4 rings (SSSR count). The van der Waals surface area contributed by atoms with Crippen molar-refractivity contribution in [2.45, 2.75) is 20.1 Å². The van der Waals surface area contributed by atoms with Crippen LogP contribution in [-0.4, -0.2) is 19.6 Å². The van der Waals surface area contributed by atoms with Gasteiger partial charge in [0.1, 0.15) is 11.0 Å². The first-order valence-electron chi connectivity index (χ1n) is 6.30. The minimum Gasteiger partial charge on any atom is -0.372 e. The number of hydrogen-bond acceptors (Lipinski definition) is 4. The number of nitrogens with zero attached hydrogens (tertiary/aromatic N) is 4. The summed E-state index contributed by atoms with van der Waals surface area (Å²) in [4.78, 5) is 4.26. The lowest BCUT2D eigenvalue weighted by molar-refractivity contribution is 0.134. The molecule has 0 saturated heterocycles. The summed E-state index contributed by atoms with van der Waals surface area (Å²) in [5, 5.41) is 8.86. The van der Waals surface area contributed by atoms with Crippen molar-refractivity contribution < 1.29 is 4.74 Å². The maximum atomic E-state index is 5.95. The lowest BCUT2D eigenvalue weighted by Gasteiger charge is -2.05. The number of aryl methyl sites for hydroxylation is 1. The Morgan fingerprint density at radius 3 is 2.90 bits per heavy atom. The summed E-state index contributed by atoms with van der Waals surface area (Å²) in [6.45, 7) is 3.23. The zero-order valence-electron chi connectivity index (χ0n) is 10.8. The van der Waals surface area contributed by atoms with Crippen molar-refractivity contribution in [3.63, 3.8) is 0 Å². The van der Waals surface area contributed by atoms with Gasteiger partial charge in [-0.1, -0.05) is 23.7 Å². The second kappa shape index (κ2) is 4.26. The Hall–Kier alpha value is -1.98. The van der Waals surface area contributed by atoms with Crippen molar-refractivity contribution in [1.82, 2.24) is 19.6 Å². The molecule has 3 aromatic rings. The molecule has 6 heteroatoms. The lowest BCUT2D eigenvalue weighted by Crippen LogP contribution is -1.98. The summed E-state index contributed by atoms with van der Waals surface area (Å²) >= 11 is 5.95. The topological polar surface area (TPSA) is 52.3 Å². The van der Waals surface area contributed by atoms with Crippen LogP contribution in [0.15, 0.2) is 24.3 Å². The highest BCUT2D eigenvalue weighted by molar-refractivity contribution is 6.29. The van der Waals surface area contributed by atoms with Crippen molar-refractivity contribution in [2.75, 3.05) is 0 Å². The zero-order chi connectivity index (χ0) is 13.7. The highest BCUT2D eigenvalue weighted by atomic mass is 35.5. The molecule has 3 heterocycles. The number of ether oxygens (including phenoxy) is 1. The second-order valence-electron chi connectivity index (χ2n) is 4.82. The molecule has 0 aliphatic carbocycles. The molecule has 1 aromatic carbocycles. The number of hydrogen-bond donors (Lipinski definition) is 0. The molecule has 0 atom stereocenters. The van der Waals surface area contributed by atoms with Gasteiger partial charge in [-0.25, -0.2) is 4.98 Å². The Labute approximate surface area is 120 Å². The predicted molar refractivity (Wildman–Crippen MR) is 74.5 cm³/mol. The van der Waals surface area contributed by atoms with Gasteiger partial charge in [0.2, 0.25) is 0 Å². The number of aromatic nitrogens is 4. The van der Waals surface area contributed by atoms with Crippen LogP contribution >= 0.6 is 11.6 Å². The SMILES string of the molecule is Cc1nc(Cl)cc2nnc(-c3ccc4c(c3)COC4)n12. The molecule has 0 bridgehead atoms. The van der Waals surface area contributed by atoms with Crippen LogP contribution in [0.4, 0.5) is 0 Å². The van der Waals surface area contributed by atoms with E-state index >= 15 is 0 Å². The largest absolute Gasteiger partial charge is 0.372 e. The Morgan fingerprint density at radius 2 is 2.00 bits per heavy atom. The van der Waals surface area contributed by atoms with E-state index in [-0.39, 0.29) is 0 Å². The van der Waals surface area contributed by atoms with Crippen LogP contribution in [0.3, 0.4) is 0 Å². The van der Waals surface area contributed by atoms with E-state index in [2.05, 4.69) is 27.3 Å². The smallest absolute Gasteiger partial charge is 0.169 e. The van der Waals surface area contributed by atoms with Gasteiger partial charge in [0, 0.05) is 11.6 Å². The number of halogens is 1. The first-order chi connectivity index (χ1) is 9.72. The fraction of sp³-hybridized carbons (Fsp3) is 0.214. The Kier molecular flexibility index (Phi) is 2.52. The van der Waals surface area contributed by atoms with Gasteiger partial charge >= 0.3 is 0 Å². The van der Waals surface area contributed by atoms with Crippen molar-refractivity contribution in [3.05, 3.63) is 46.4 Å². The second-order valence-corrected chi connectivity index (χ2v) is 5.21. The molecule has 0 spiro atoms. The first-order valence-corrected chi connectivity index (χ1v) is 6.68. The van der Waals surface area contributed by atoms with E-state index in [4.69, 9.17) is 16.3 Å². The standard InChI is InChI=1S/C14H11ClN4O/c1-8-16-12(15)5-13-17-18-14(19(8)13)9-2-3-10-6-20-7-11(10)4-9/h2-5H,6-7H2,1H3. The van der Waals surface area contributed by atoms with Crippen LogP contribution in [0, 0.1) is 6.92 Å². The number of fused-ring (bicyclic) bond motifs is 2. The summed E-state index contributed by atoms with van der Waals surface area (Å²) in [5.41, 5.74) is 4.16. The molecule has 0 unspecified atom stereocenters. The molecule has 0 radical (unpaired) electrons. The van der Waals surface area contributed by atoms with Crippen molar-refractivity contribution in [2.24, 2.45) is 0 Å². The number of rotatable bonds is 1. The van der Waals surface area contributed by atoms with Crippen LogP contribution in [0.2, 0.25) is 5.15 Å². The average Bonchev–Trinajstić information content (AvgIpc) is 3.03. The molecule has 0 saturated carbocycles. The van der Waals surface area contributed by atoms with Crippen molar-refractivity contribution >= 4 is 17.2 Å². The Balaban J connectivity index is 1.94. The van der Waals surface area contributed by atoms with Gasteiger partial charge in [-0.2, -0.15) is 0 Å². The third-order valence-corrected chi connectivity index (χ3v) is 3.70. The summed E-state index contributed by atoms with van der Waals surface area (Å²) in [5.74, 6) is 1.54. The van der Waals surface area contributed by atoms with Crippen LogP contribution in [0.5, 0.6) is 0 Å². The Bertz CT molecular complexity index is 827. The molecule has 0 amide bonds. The van der Waals surface area contributed by atoms with Gasteiger partial charge in [-0.15, -0.1) is 10.2 Å². The van der Waals surface area contributed by atoms with Crippen molar-refractivity contribution in [1.29, 1.82) is 0 Å². The monoisotopic (exact) mass is 286 g/mol. The van der Waals surface area contributed by atoms with Gasteiger partial charge in [0.05, 0.1) is 13.2 Å². The molecule has 0 fully saturated rings. The van der Waals surface area contributed by atoms with Crippen LogP contribution in [-0.2, 0) is 18.0 Å². The molecule has 5 nitrogen and oxygen atoms in total. The predicted octanol–water partition coefficient (Wildman–Crippen LogP) is 2.78. The minimum absolute atomic E-state index is 0.427. The van der Waals surface area contributed by atoms with E-state index in [1.54, 1.807) is 6.07 Å². The van der Waals surface area contributed by atoms with E-state index in [0.717, 1.165) is 17.2 Å². The van der Waals surface area contributed by atoms with Crippen LogP contribution < -0.4 is 0 Å². The van der Waals surface area contributed by atoms with Gasteiger partial charge in [0.15, 0.2) is 11.5 Å². The van der Waals surface area contributed by atoms with Gasteiger partial charge in [-0.05, 0) is 24.1 Å².